The average Bonchev–Trinajstić information content (AvgIpc) is 3.06. The van der Waals surface area contributed by atoms with Gasteiger partial charge in [0.2, 0.25) is 5.91 Å². The summed E-state index contributed by atoms with van der Waals surface area (Å²) in [6.45, 7) is 0.797. The Kier molecular flexibility index (Phi) is 4.03. The van der Waals surface area contributed by atoms with Gasteiger partial charge in [-0.15, -0.1) is 16.4 Å². The highest BCUT2D eigenvalue weighted by atomic mass is 79.9. The number of hydrogen-bond donors (Lipinski definition) is 0. The molecule has 0 bridgehead atoms. The van der Waals surface area contributed by atoms with E-state index in [4.69, 9.17) is 0 Å². The third-order valence-corrected chi connectivity index (χ3v) is 4.83. The van der Waals surface area contributed by atoms with Gasteiger partial charge in [-0.1, -0.05) is 17.3 Å². The number of fused-ring (bicyclic) bond motifs is 1. The molecule has 0 spiro atoms. The molecule has 0 aliphatic carbocycles. The summed E-state index contributed by atoms with van der Waals surface area (Å²) in [7, 11) is 1.80. The van der Waals surface area contributed by atoms with Gasteiger partial charge < -0.3 is 4.90 Å². The van der Waals surface area contributed by atoms with Crippen molar-refractivity contribution < 1.29 is 4.79 Å². The second-order valence-electron chi connectivity index (χ2n) is 4.72. The first kappa shape index (κ1) is 14.2. The van der Waals surface area contributed by atoms with Crippen LogP contribution in [0.5, 0.6) is 0 Å². The van der Waals surface area contributed by atoms with Crippen molar-refractivity contribution in [2.45, 2.75) is 13.1 Å². The SMILES string of the molecule is CN(Cc1cc(Br)cs1)C(=O)Cn1nnc2ccccc21. The lowest BCUT2D eigenvalue weighted by atomic mass is 10.3. The lowest BCUT2D eigenvalue weighted by Gasteiger charge is -2.16. The van der Waals surface area contributed by atoms with Crippen molar-refractivity contribution in [3.05, 3.63) is 45.1 Å². The molecule has 3 aromatic rings. The van der Waals surface area contributed by atoms with Gasteiger partial charge in [-0.05, 0) is 34.1 Å². The highest BCUT2D eigenvalue weighted by molar-refractivity contribution is 9.10. The Balaban J connectivity index is 1.70. The second-order valence-corrected chi connectivity index (χ2v) is 6.63. The van der Waals surface area contributed by atoms with Gasteiger partial charge in [0.15, 0.2) is 0 Å². The molecule has 0 aliphatic heterocycles. The predicted molar refractivity (Wildman–Crippen MR) is 86.0 cm³/mol. The second kappa shape index (κ2) is 5.95. The first-order chi connectivity index (χ1) is 10.1. The van der Waals surface area contributed by atoms with Gasteiger partial charge in [0.25, 0.3) is 0 Å². The summed E-state index contributed by atoms with van der Waals surface area (Å²) >= 11 is 5.05. The number of nitrogens with zero attached hydrogens (tertiary/aromatic N) is 4. The molecule has 0 saturated heterocycles. The van der Waals surface area contributed by atoms with Crippen molar-refractivity contribution in [2.24, 2.45) is 0 Å². The van der Waals surface area contributed by atoms with Crippen molar-refractivity contribution in [1.29, 1.82) is 0 Å². The van der Waals surface area contributed by atoms with E-state index in [0.29, 0.717) is 6.54 Å². The van der Waals surface area contributed by atoms with Crippen LogP contribution in [0, 0.1) is 0 Å². The Hall–Kier alpha value is -1.73. The quantitative estimate of drug-likeness (QED) is 0.714. The van der Waals surface area contributed by atoms with E-state index in [-0.39, 0.29) is 12.5 Å². The molecular weight excluding hydrogens is 352 g/mol. The van der Waals surface area contributed by atoms with E-state index in [0.717, 1.165) is 20.4 Å². The Labute approximate surface area is 134 Å². The number of aromatic nitrogens is 3. The van der Waals surface area contributed by atoms with Gasteiger partial charge in [-0.25, -0.2) is 4.68 Å². The van der Waals surface area contributed by atoms with Crippen molar-refractivity contribution in [1.82, 2.24) is 19.9 Å². The molecular formula is C14H13BrN4OS. The van der Waals surface area contributed by atoms with Gasteiger partial charge in [-0.2, -0.15) is 0 Å². The minimum atomic E-state index is 0.00942. The van der Waals surface area contributed by atoms with E-state index in [1.165, 1.54) is 0 Å². The number of rotatable bonds is 4. The van der Waals surface area contributed by atoms with E-state index in [1.54, 1.807) is 28.0 Å². The van der Waals surface area contributed by atoms with Gasteiger partial charge in [-0.3, -0.25) is 4.79 Å². The molecule has 5 nitrogen and oxygen atoms in total. The smallest absolute Gasteiger partial charge is 0.244 e. The van der Waals surface area contributed by atoms with E-state index in [1.807, 2.05) is 35.7 Å². The monoisotopic (exact) mass is 364 g/mol. The Bertz CT molecular complexity index is 782. The number of thiophene rings is 1. The van der Waals surface area contributed by atoms with Crippen LogP contribution in [0.15, 0.2) is 40.2 Å². The zero-order valence-electron chi connectivity index (χ0n) is 11.4. The number of para-hydroxylation sites is 1. The summed E-state index contributed by atoms with van der Waals surface area (Å²) in [4.78, 5) is 15.1. The van der Waals surface area contributed by atoms with Crippen LogP contribution in [-0.2, 0) is 17.9 Å². The largest absolute Gasteiger partial charge is 0.339 e. The summed E-state index contributed by atoms with van der Waals surface area (Å²) in [5, 5.41) is 10.1. The predicted octanol–water partition coefficient (Wildman–Crippen LogP) is 2.91. The maximum Gasteiger partial charge on any atom is 0.244 e. The summed E-state index contributed by atoms with van der Waals surface area (Å²) < 4.78 is 2.68. The minimum Gasteiger partial charge on any atom is -0.339 e. The number of carbonyl (C=O) groups is 1. The fraction of sp³-hybridized carbons (Fsp3) is 0.214. The van der Waals surface area contributed by atoms with Gasteiger partial charge in [0.1, 0.15) is 12.1 Å². The number of hydrogen-bond acceptors (Lipinski definition) is 4. The molecule has 7 heteroatoms. The van der Waals surface area contributed by atoms with Crippen molar-refractivity contribution in [3.8, 4) is 0 Å². The van der Waals surface area contributed by atoms with Crippen LogP contribution < -0.4 is 0 Å². The summed E-state index contributed by atoms with van der Waals surface area (Å²) in [5.41, 5.74) is 1.67. The van der Waals surface area contributed by atoms with Crippen LogP contribution in [0.1, 0.15) is 4.88 Å². The van der Waals surface area contributed by atoms with E-state index in [9.17, 15) is 4.79 Å². The molecule has 2 aromatic heterocycles. The molecule has 1 aromatic carbocycles. The molecule has 0 radical (unpaired) electrons. The average molecular weight is 365 g/mol. The fourth-order valence-corrected chi connectivity index (χ4v) is 3.55. The topological polar surface area (TPSA) is 51.0 Å². The maximum atomic E-state index is 12.3. The highest BCUT2D eigenvalue weighted by Crippen LogP contribution is 2.21. The lowest BCUT2D eigenvalue weighted by molar-refractivity contribution is -0.131. The molecule has 108 valence electrons. The third-order valence-electron chi connectivity index (χ3n) is 3.15. The third kappa shape index (κ3) is 3.14. The normalized spacial score (nSPS) is 11.0. The van der Waals surface area contributed by atoms with Crippen LogP contribution in [0.3, 0.4) is 0 Å². The first-order valence-corrected chi connectivity index (χ1v) is 8.06. The van der Waals surface area contributed by atoms with Gasteiger partial charge in [0.05, 0.1) is 12.1 Å². The van der Waals surface area contributed by atoms with Crippen LogP contribution in [0.25, 0.3) is 11.0 Å². The van der Waals surface area contributed by atoms with E-state index in [2.05, 4.69) is 26.2 Å². The van der Waals surface area contributed by atoms with Gasteiger partial charge >= 0.3 is 0 Å². The number of benzene rings is 1. The molecule has 0 N–H and O–H groups in total. The molecule has 1 amide bonds. The fourth-order valence-electron chi connectivity index (χ4n) is 2.04. The van der Waals surface area contributed by atoms with Crippen LogP contribution in [0.2, 0.25) is 0 Å². The number of likely N-dealkylation sites (N-methyl/N-ethyl adjacent to an activating group) is 1. The molecule has 0 fully saturated rings. The Morgan fingerprint density at radius 2 is 2.24 bits per heavy atom. The van der Waals surface area contributed by atoms with Crippen LogP contribution in [-0.4, -0.2) is 32.8 Å². The summed E-state index contributed by atoms with van der Waals surface area (Å²) in [6.07, 6.45) is 0. The Morgan fingerprint density at radius 3 is 3.00 bits per heavy atom. The minimum absolute atomic E-state index is 0.00942. The Morgan fingerprint density at radius 1 is 1.43 bits per heavy atom. The lowest BCUT2D eigenvalue weighted by Crippen LogP contribution is -2.29. The maximum absolute atomic E-state index is 12.3. The van der Waals surface area contributed by atoms with Crippen LogP contribution >= 0.6 is 27.3 Å². The standard InChI is InChI=1S/C14H13BrN4OS/c1-18(7-11-6-10(15)9-21-11)14(20)8-19-13-5-3-2-4-12(13)16-17-19/h2-6,9H,7-8H2,1H3. The van der Waals surface area contributed by atoms with E-state index >= 15 is 0 Å². The number of halogens is 1. The molecule has 0 saturated carbocycles. The summed E-state index contributed by atoms with van der Waals surface area (Å²) in [5.74, 6) is 0.00942. The molecule has 0 atom stereocenters. The van der Waals surface area contributed by atoms with Crippen molar-refractivity contribution in [3.63, 3.8) is 0 Å². The summed E-state index contributed by atoms with van der Waals surface area (Å²) in [6, 6.07) is 9.65. The number of carbonyl (C=O) groups excluding carboxylic acids is 1. The van der Waals surface area contributed by atoms with E-state index < -0.39 is 0 Å². The molecule has 0 aliphatic rings. The first-order valence-electron chi connectivity index (χ1n) is 6.38. The van der Waals surface area contributed by atoms with Crippen molar-refractivity contribution >= 4 is 44.2 Å². The number of amides is 1. The molecule has 3 rings (SSSR count). The van der Waals surface area contributed by atoms with Crippen LogP contribution in [0.4, 0.5) is 0 Å². The highest BCUT2D eigenvalue weighted by Gasteiger charge is 2.13. The van der Waals surface area contributed by atoms with Gasteiger partial charge in [0, 0.05) is 21.8 Å². The molecule has 0 unspecified atom stereocenters. The molecule has 2 heterocycles. The zero-order valence-corrected chi connectivity index (χ0v) is 13.8. The zero-order chi connectivity index (χ0) is 14.8. The molecule has 21 heavy (non-hydrogen) atoms. The van der Waals surface area contributed by atoms with Crippen molar-refractivity contribution in [2.75, 3.05) is 7.05 Å².